The lowest BCUT2D eigenvalue weighted by Crippen LogP contribution is -2.30. The number of carbonyl (C=O) groups excluding carboxylic acids is 1. The lowest BCUT2D eigenvalue weighted by molar-refractivity contribution is 0.0700. The van der Waals surface area contributed by atoms with Crippen LogP contribution in [0.4, 0.5) is 4.39 Å². The van der Waals surface area contributed by atoms with Crippen molar-refractivity contribution >= 4 is 21.8 Å². The van der Waals surface area contributed by atoms with Gasteiger partial charge in [-0.1, -0.05) is 15.9 Å². The Bertz CT molecular complexity index is 748. The van der Waals surface area contributed by atoms with Crippen molar-refractivity contribution in [2.45, 2.75) is 13.1 Å². The third-order valence-electron chi connectivity index (χ3n) is 3.30. The first-order chi connectivity index (χ1) is 11.1. The molecule has 0 fully saturated rings. The molecule has 2 heterocycles. The van der Waals surface area contributed by atoms with Gasteiger partial charge in [-0.15, -0.1) is 0 Å². The van der Waals surface area contributed by atoms with Gasteiger partial charge < -0.3 is 13.7 Å². The van der Waals surface area contributed by atoms with E-state index >= 15 is 0 Å². The molecule has 1 aromatic carbocycles. The van der Waals surface area contributed by atoms with Crippen molar-refractivity contribution in [3.05, 3.63) is 82.4 Å². The zero-order valence-electron chi connectivity index (χ0n) is 12.0. The van der Waals surface area contributed by atoms with Gasteiger partial charge in [-0.25, -0.2) is 4.39 Å². The molecule has 2 aromatic heterocycles. The highest BCUT2D eigenvalue weighted by Gasteiger charge is 2.22. The van der Waals surface area contributed by atoms with Crippen LogP contribution in [0, 0.1) is 5.82 Å². The Morgan fingerprint density at radius 2 is 1.65 bits per heavy atom. The van der Waals surface area contributed by atoms with E-state index in [-0.39, 0.29) is 18.7 Å². The molecule has 0 saturated carbocycles. The van der Waals surface area contributed by atoms with Gasteiger partial charge in [0.15, 0.2) is 0 Å². The summed E-state index contributed by atoms with van der Waals surface area (Å²) in [7, 11) is 0. The maximum Gasteiger partial charge on any atom is 0.257 e. The number of carbonyl (C=O) groups is 1. The molecule has 0 spiro atoms. The Morgan fingerprint density at radius 1 is 1.04 bits per heavy atom. The smallest absolute Gasteiger partial charge is 0.257 e. The molecule has 1 amide bonds. The molecule has 0 atom stereocenters. The third-order valence-corrected chi connectivity index (χ3v) is 3.79. The van der Waals surface area contributed by atoms with Gasteiger partial charge in [0.05, 0.1) is 31.2 Å². The molecule has 3 aromatic rings. The summed E-state index contributed by atoms with van der Waals surface area (Å²) in [5, 5.41) is 0. The van der Waals surface area contributed by atoms with Crippen molar-refractivity contribution in [2.24, 2.45) is 0 Å². The van der Waals surface area contributed by atoms with Crippen LogP contribution < -0.4 is 0 Å². The van der Waals surface area contributed by atoms with E-state index in [4.69, 9.17) is 8.83 Å². The summed E-state index contributed by atoms with van der Waals surface area (Å²) >= 11 is 3.26. The van der Waals surface area contributed by atoms with Crippen LogP contribution in [-0.2, 0) is 13.1 Å². The summed E-state index contributed by atoms with van der Waals surface area (Å²) in [6, 6.07) is 11.3. The van der Waals surface area contributed by atoms with Crippen molar-refractivity contribution in [1.82, 2.24) is 4.90 Å². The first-order valence-corrected chi connectivity index (χ1v) is 7.72. The number of rotatable bonds is 5. The summed E-state index contributed by atoms with van der Waals surface area (Å²) in [6.07, 6.45) is 3.06. The Morgan fingerprint density at radius 3 is 2.17 bits per heavy atom. The Labute approximate surface area is 140 Å². The molecule has 0 unspecified atom stereocenters. The number of nitrogens with zero attached hydrogens (tertiary/aromatic N) is 1. The molecule has 0 aliphatic heterocycles. The van der Waals surface area contributed by atoms with E-state index < -0.39 is 11.7 Å². The predicted molar refractivity (Wildman–Crippen MR) is 85.1 cm³/mol. The minimum absolute atomic E-state index is 0.00233. The van der Waals surface area contributed by atoms with E-state index in [1.807, 2.05) is 0 Å². The molecule has 0 aliphatic carbocycles. The molecule has 0 N–H and O–H groups in total. The van der Waals surface area contributed by atoms with Crippen LogP contribution in [-0.4, -0.2) is 10.8 Å². The molecule has 0 bridgehead atoms. The van der Waals surface area contributed by atoms with Crippen LogP contribution in [0.15, 0.2) is 68.3 Å². The highest BCUT2D eigenvalue weighted by Crippen LogP contribution is 2.20. The molecule has 23 heavy (non-hydrogen) atoms. The quantitative estimate of drug-likeness (QED) is 0.651. The lowest BCUT2D eigenvalue weighted by atomic mass is 10.1. The second kappa shape index (κ2) is 6.83. The van der Waals surface area contributed by atoms with Crippen LogP contribution in [0.25, 0.3) is 0 Å². The molecule has 3 rings (SSSR count). The van der Waals surface area contributed by atoms with Gasteiger partial charge in [0, 0.05) is 4.47 Å². The average Bonchev–Trinajstić information content (AvgIpc) is 3.22. The highest BCUT2D eigenvalue weighted by molar-refractivity contribution is 9.10. The Balaban J connectivity index is 1.89. The molecular formula is C17H13BrFNO3. The van der Waals surface area contributed by atoms with E-state index in [1.165, 1.54) is 29.6 Å². The number of hydrogen-bond acceptors (Lipinski definition) is 3. The molecule has 4 nitrogen and oxygen atoms in total. The third kappa shape index (κ3) is 3.71. The minimum Gasteiger partial charge on any atom is -0.467 e. The van der Waals surface area contributed by atoms with E-state index in [0.717, 1.165) is 0 Å². The second-order valence-electron chi connectivity index (χ2n) is 4.94. The van der Waals surface area contributed by atoms with Crippen molar-refractivity contribution in [3.63, 3.8) is 0 Å². The number of amides is 1. The van der Waals surface area contributed by atoms with Crippen molar-refractivity contribution in [2.75, 3.05) is 0 Å². The maximum atomic E-state index is 14.0. The fraction of sp³-hybridized carbons (Fsp3) is 0.118. The van der Waals surface area contributed by atoms with Crippen molar-refractivity contribution in [1.29, 1.82) is 0 Å². The van der Waals surface area contributed by atoms with Gasteiger partial charge in [-0.05, 0) is 42.5 Å². The molecule has 0 radical (unpaired) electrons. The van der Waals surface area contributed by atoms with Crippen molar-refractivity contribution < 1.29 is 18.0 Å². The van der Waals surface area contributed by atoms with Gasteiger partial charge in [-0.2, -0.15) is 0 Å². The number of halogens is 2. The van der Waals surface area contributed by atoms with Crippen LogP contribution in [0.2, 0.25) is 0 Å². The normalized spacial score (nSPS) is 10.7. The first-order valence-electron chi connectivity index (χ1n) is 6.92. The van der Waals surface area contributed by atoms with Gasteiger partial charge in [-0.3, -0.25) is 4.79 Å². The molecule has 6 heteroatoms. The SMILES string of the molecule is O=C(c1cc(Br)ccc1F)N(Cc1ccco1)Cc1ccco1. The number of hydrogen-bond donors (Lipinski definition) is 0. The van der Waals surface area contributed by atoms with Crippen LogP contribution >= 0.6 is 15.9 Å². The van der Waals surface area contributed by atoms with E-state index in [0.29, 0.717) is 16.0 Å². The predicted octanol–water partition coefficient (Wildman–Crippen LogP) is 4.62. The zero-order chi connectivity index (χ0) is 16.2. The van der Waals surface area contributed by atoms with E-state index in [9.17, 15) is 9.18 Å². The molecule has 0 saturated heterocycles. The van der Waals surface area contributed by atoms with Crippen LogP contribution in [0.1, 0.15) is 21.9 Å². The average molecular weight is 378 g/mol. The first kappa shape index (κ1) is 15.6. The van der Waals surface area contributed by atoms with Crippen LogP contribution in [0.5, 0.6) is 0 Å². The monoisotopic (exact) mass is 377 g/mol. The summed E-state index contributed by atoms with van der Waals surface area (Å²) in [5.74, 6) is 0.222. The Hall–Kier alpha value is -2.34. The van der Waals surface area contributed by atoms with Gasteiger partial charge >= 0.3 is 0 Å². The maximum absolute atomic E-state index is 14.0. The summed E-state index contributed by atoms with van der Waals surface area (Å²) in [4.78, 5) is 14.2. The molecule has 0 aliphatic rings. The Kier molecular flexibility index (Phi) is 4.62. The van der Waals surface area contributed by atoms with E-state index in [2.05, 4.69) is 15.9 Å². The minimum atomic E-state index is -0.568. The lowest BCUT2D eigenvalue weighted by Gasteiger charge is -2.21. The zero-order valence-corrected chi connectivity index (χ0v) is 13.6. The van der Waals surface area contributed by atoms with Gasteiger partial charge in [0.25, 0.3) is 5.91 Å². The topological polar surface area (TPSA) is 46.6 Å². The summed E-state index contributed by atoms with van der Waals surface area (Å²) < 4.78 is 25.3. The van der Waals surface area contributed by atoms with Crippen molar-refractivity contribution in [3.8, 4) is 0 Å². The van der Waals surface area contributed by atoms with E-state index in [1.54, 1.807) is 30.3 Å². The van der Waals surface area contributed by atoms with Gasteiger partial charge in [0.1, 0.15) is 17.3 Å². The fourth-order valence-corrected chi connectivity index (χ4v) is 2.57. The molecule has 118 valence electrons. The number of furan rings is 2. The second-order valence-corrected chi connectivity index (χ2v) is 5.86. The summed E-state index contributed by atoms with van der Waals surface area (Å²) in [5.41, 5.74) is -0.00233. The summed E-state index contributed by atoms with van der Waals surface area (Å²) in [6.45, 7) is 0.441. The molecular weight excluding hydrogens is 365 g/mol. The number of benzene rings is 1. The highest BCUT2D eigenvalue weighted by atomic mass is 79.9. The fourth-order valence-electron chi connectivity index (χ4n) is 2.21. The van der Waals surface area contributed by atoms with Gasteiger partial charge in [0.2, 0.25) is 0 Å². The largest absolute Gasteiger partial charge is 0.467 e. The van der Waals surface area contributed by atoms with Crippen LogP contribution in [0.3, 0.4) is 0 Å². The standard InChI is InChI=1S/C17H13BrFNO3/c18-12-5-6-16(19)15(9-12)17(21)20(10-13-3-1-7-22-13)11-14-4-2-8-23-14/h1-9H,10-11H2.